The summed E-state index contributed by atoms with van der Waals surface area (Å²) in [7, 11) is 0. The second kappa shape index (κ2) is 7.20. The summed E-state index contributed by atoms with van der Waals surface area (Å²) in [4.78, 5) is 26.8. The van der Waals surface area contributed by atoms with E-state index in [1.807, 2.05) is 58.0 Å². The molecule has 0 bridgehead atoms. The van der Waals surface area contributed by atoms with Crippen molar-refractivity contribution in [3.05, 3.63) is 58.7 Å². The molecule has 0 aliphatic carbocycles. The number of hydrogen-bond acceptors (Lipinski definition) is 2. The smallest absolute Gasteiger partial charge is 0.319 e. The third-order valence-corrected chi connectivity index (χ3v) is 4.67. The number of anilines is 2. The zero-order valence-corrected chi connectivity index (χ0v) is 15.7. The highest BCUT2D eigenvalue weighted by Gasteiger charge is 2.33. The van der Waals surface area contributed by atoms with Crippen molar-refractivity contribution in [3.63, 3.8) is 0 Å². The molecule has 136 valence electrons. The first-order chi connectivity index (χ1) is 12.3. The molecule has 26 heavy (non-hydrogen) atoms. The summed E-state index contributed by atoms with van der Waals surface area (Å²) >= 11 is 0. The maximum atomic E-state index is 12.7. The van der Waals surface area contributed by atoms with Crippen molar-refractivity contribution in [2.45, 2.75) is 40.2 Å². The molecule has 1 fully saturated rings. The molecule has 3 rings (SSSR count). The summed E-state index contributed by atoms with van der Waals surface area (Å²) in [6, 6.07) is 11.1. The molecule has 3 amide bonds. The van der Waals surface area contributed by atoms with Crippen LogP contribution in [0.15, 0.2) is 36.4 Å². The predicted octanol–water partition coefficient (Wildman–Crippen LogP) is 3.85. The molecule has 0 radical (unpaired) electrons. The van der Waals surface area contributed by atoms with E-state index in [1.165, 1.54) is 0 Å². The Kier molecular flexibility index (Phi) is 4.98. The Bertz CT molecular complexity index is 840. The number of aryl methyl sites for hydroxylation is 4. The fourth-order valence-electron chi connectivity index (χ4n) is 3.36. The number of benzene rings is 2. The number of carbonyl (C=O) groups excluding carboxylic acids is 2. The van der Waals surface area contributed by atoms with Crippen LogP contribution in [0.25, 0.3) is 0 Å². The molecular weight excluding hydrogens is 326 g/mol. The SMILES string of the molecule is Cc1cc(C)cc(N2CCC(NC(=O)Nc3cc(C)ccc3C)C2=O)c1. The number of nitrogens with one attached hydrogen (secondary N) is 2. The monoisotopic (exact) mass is 351 g/mol. The van der Waals surface area contributed by atoms with Crippen LogP contribution in [0.5, 0.6) is 0 Å². The van der Waals surface area contributed by atoms with E-state index in [0.29, 0.717) is 13.0 Å². The fourth-order valence-corrected chi connectivity index (χ4v) is 3.36. The molecule has 0 aromatic heterocycles. The summed E-state index contributed by atoms with van der Waals surface area (Å²) in [5.74, 6) is -0.0638. The number of hydrogen-bond donors (Lipinski definition) is 2. The zero-order valence-electron chi connectivity index (χ0n) is 15.7. The normalized spacial score (nSPS) is 16.7. The number of rotatable bonds is 3. The Balaban J connectivity index is 1.67. The first-order valence-electron chi connectivity index (χ1n) is 8.88. The van der Waals surface area contributed by atoms with Gasteiger partial charge in [0.1, 0.15) is 6.04 Å². The van der Waals surface area contributed by atoms with Gasteiger partial charge in [-0.1, -0.05) is 18.2 Å². The lowest BCUT2D eigenvalue weighted by atomic mass is 10.1. The molecule has 0 saturated carbocycles. The average Bonchev–Trinajstić information content (AvgIpc) is 2.91. The van der Waals surface area contributed by atoms with Gasteiger partial charge in [-0.3, -0.25) is 4.79 Å². The molecule has 1 aliphatic heterocycles. The number of urea groups is 1. The van der Waals surface area contributed by atoms with Gasteiger partial charge >= 0.3 is 6.03 Å². The van der Waals surface area contributed by atoms with E-state index in [-0.39, 0.29) is 11.9 Å². The van der Waals surface area contributed by atoms with Crippen molar-refractivity contribution < 1.29 is 9.59 Å². The summed E-state index contributed by atoms with van der Waals surface area (Å²) in [6.45, 7) is 8.56. The van der Waals surface area contributed by atoms with E-state index in [0.717, 1.165) is 33.6 Å². The van der Waals surface area contributed by atoms with Gasteiger partial charge in [0.25, 0.3) is 0 Å². The summed E-state index contributed by atoms with van der Waals surface area (Å²) in [6.07, 6.45) is 0.603. The van der Waals surface area contributed by atoms with Gasteiger partial charge in [-0.25, -0.2) is 4.79 Å². The molecule has 1 saturated heterocycles. The van der Waals surface area contributed by atoms with Crippen LogP contribution >= 0.6 is 0 Å². The molecular formula is C21H25N3O2. The Morgan fingerprint density at radius 2 is 1.69 bits per heavy atom. The van der Waals surface area contributed by atoms with Crippen molar-refractivity contribution in [1.82, 2.24) is 5.32 Å². The number of amides is 3. The average molecular weight is 351 g/mol. The minimum Gasteiger partial charge on any atom is -0.326 e. The van der Waals surface area contributed by atoms with Crippen molar-refractivity contribution in [2.75, 3.05) is 16.8 Å². The fraction of sp³-hybridized carbons (Fsp3) is 0.333. The van der Waals surface area contributed by atoms with Crippen molar-refractivity contribution in [2.24, 2.45) is 0 Å². The minimum absolute atomic E-state index is 0.0638. The molecule has 1 unspecified atom stereocenters. The van der Waals surface area contributed by atoms with Gasteiger partial charge in [-0.15, -0.1) is 0 Å². The summed E-state index contributed by atoms with van der Waals surface area (Å²) < 4.78 is 0. The molecule has 1 atom stereocenters. The van der Waals surface area contributed by atoms with Crippen LogP contribution in [-0.4, -0.2) is 24.5 Å². The highest BCUT2D eigenvalue weighted by atomic mass is 16.2. The molecule has 1 heterocycles. The maximum Gasteiger partial charge on any atom is 0.319 e. The quantitative estimate of drug-likeness (QED) is 0.882. The zero-order chi connectivity index (χ0) is 18.8. The van der Waals surface area contributed by atoms with Crippen LogP contribution in [0, 0.1) is 27.7 Å². The molecule has 5 heteroatoms. The Labute approximate surface area is 154 Å². The number of carbonyl (C=O) groups is 2. The summed E-state index contributed by atoms with van der Waals surface area (Å²) in [5.41, 5.74) is 5.96. The van der Waals surface area contributed by atoms with Gasteiger partial charge in [0.05, 0.1) is 0 Å². The van der Waals surface area contributed by atoms with E-state index in [1.54, 1.807) is 4.90 Å². The second-order valence-corrected chi connectivity index (χ2v) is 7.09. The van der Waals surface area contributed by atoms with E-state index in [2.05, 4.69) is 16.7 Å². The summed E-state index contributed by atoms with van der Waals surface area (Å²) in [5, 5.41) is 5.66. The largest absolute Gasteiger partial charge is 0.326 e. The highest BCUT2D eigenvalue weighted by molar-refractivity contribution is 6.02. The van der Waals surface area contributed by atoms with E-state index >= 15 is 0 Å². The predicted molar refractivity (Wildman–Crippen MR) is 105 cm³/mol. The Morgan fingerprint density at radius 3 is 2.38 bits per heavy atom. The molecule has 2 aromatic carbocycles. The van der Waals surface area contributed by atoms with Gasteiger partial charge in [-0.05, 0) is 74.6 Å². The first kappa shape index (κ1) is 18.0. The maximum absolute atomic E-state index is 12.7. The van der Waals surface area contributed by atoms with Crippen molar-refractivity contribution >= 4 is 23.3 Å². The van der Waals surface area contributed by atoms with Crippen LogP contribution in [0.4, 0.5) is 16.2 Å². The van der Waals surface area contributed by atoms with Gasteiger partial charge < -0.3 is 15.5 Å². The lowest BCUT2D eigenvalue weighted by Gasteiger charge is -2.19. The Morgan fingerprint density at radius 1 is 1.00 bits per heavy atom. The van der Waals surface area contributed by atoms with Gasteiger partial charge in [0.15, 0.2) is 0 Å². The molecule has 1 aliphatic rings. The van der Waals surface area contributed by atoms with Crippen LogP contribution < -0.4 is 15.5 Å². The molecule has 0 spiro atoms. The standard InChI is InChI=1S/C21H25N3O2/c1-13-5-6-16(4)19(12-13)23-21(26)22-18-7-8-24(20(18)25)17-10-14(2)9-15(3)11-17/h5-6,9-12,18H,7-8H2,1-4H3,(H2,22,23,26). The third kappa shape index (κ3) is 3.87. The Hall–Kier alpha value is -2.82. The lowest BCUT2D eigenvalue weighted by molar-refractivity contribution is -0.118. The molecule has 2 aromatic rings. The van der Waals surface area contributed by atoms with Crippen LogP contribution in [-0.2, 0) is 4.79 Å². The van der Waals surface area contributed by atoms with E-state index < -0.39 is 6.04 Å². The third-order valence-electron chi connectivity index (χ3n) is 4.67. The minimum atomic E-state index is -0.499. The molecule has 5 nitrogen and oxygen atoms in total. The first-order valence-corrected chi connectivity index (χ1v) is 8.88. The van der Waals surface area contributed by atoms with Crippen molar-refractivity contribution in [1.29, 1.82) is 0 Å². The van der Waals surface area contributed by atoms with Gasteiger partial charge in [0, 0.05) is 17.9 Å². The van der Waals surface area contributed by atoms with Crippen LogP contribution in [0.1, 0.15) is 28.7 Å². The van der Waals surface area contributed by atoms with Crippen molar-refractivity contribution in [3.8, 4) is 0 Å². The van der Waals surface area contributed by atoms with Gasteiger partial charge in [0.2, 0.25) is 5.91 Å². The van der Waals surface area contributed by atoms with Crippen LogP contribution in [0.3, 0.4) is 0 Å². The topological polar surface area (TPSA) is 61.4 Å². The lowest BCUT2D eigenvalue weighted by Crippen LogP contribution is -2.43. The van der Waals surface area contributed by atoms with Gasteiger partial charge in [-0.2, -0.15) is 0 Å². The van der Waals surface area contributed by atoms with E-state index in [4.69, 9.17) is 0 Å². The number of nitrogens with zero attached hydrogens (tertiary/aromatic N) is 1. The highest BCUT2D eigenvalue weighted by Crippen LogP contribution is 2.24. The molecule has 2 N–H and O–H groups in total. The second-order valence-electron chi connectivity index (χ2n) is 7.09. The van der Waals surface area contributed by atoms with E-state index in [9.17, 15) is 9.59 Å². The van der Waals surface area contributed by atoms with Crippen LogP contribution in [0.2, 0.25) is 0 Å².